The summed E-state index contributed by atoms with van der Waals surface area (Å²) in [6.45, 7) is 0.713. The van der Waals surface area contributed by atoms with E-state index in [0.29, 0.717) is 17.2 Å². The molecule has 0 fully saturated rings. The van der Waals surface area contributed by atoms with Crippen LogP contribution >= 0.6 is 22.9 Å². The van der Waals surface area contributed by atoms with E-state index in [1.807, 2.05) is 17.5 Å². The summed E-state index contributed by atoms with van der Waals surface area (Å²) in [7, 11) is 1.57. The summed E-state index contributed by atoms with van der Waals surface area (Å²) in [5.74, 6) is 0.625. The van der Waals surface area contributed by atoms with Crippen LogP contribution in [0.25, 0.3) is 10.1 Å². The van der Waals surface area contributed by atoms with Gasteiger partial charge in [0.2, 0.25) is 0 Å². The standard InChI is InChI=1S/C11H9ClO3S/c1-14-10-2-8-7(4-15-6-13)5-16-11(8)3-9(10)12/h2-3,5-6H,4H2,1H3. The van der Waals surface area contributed by atoms with Crippen LogP contribution in [0.5, 0.6) is 5.75 Å². The van der Waals surface area contributed by atoms with Gasteiger partial charge in [-0.05, 0) is 17.5 Å². The minimum Gasteiger partial charge on any atom is -0.495 e. The molecule has 2 rings (SSSR count). The van der Waals surface area contributed by atoms with Gasteiger partial charge in [0, 0.05) is 15.6 Å². The Morgan fingerprint density at radius 3 is 3.00 bits per heavy atom. The quantitative estimate of drug-likeness (QED) is 0.788. The van der Waals surface area contributed by atoms with Crippen molar-refractivity contribution in [2.45, 2.75) is 6.61 Å². The summed E-state index contributed by atoms with van der Waals surface area (Å²) in [4.78, 5) is 10.1. The van der Waals surface area contributed by atoms with E-state index >= 15 is 0 Å². The number of fused-ring (bicyclic) bond motifs is 1. The second kappa shape index (κ2) is 4.72. The van der Waals surface area contributed by atoms with Gasteiger partial charge in [-0.15, -0.1) is 11.3 Å². The van der Waals surface area contributed by atoms with Crippen LogP contribution in [0.2, 0.25) is 5.02 Å². The molecule has 0 N–H and O–H groups in total. The first-order chi connectivity index (χ1) is 7.76. The zero-order chi connectivity index (χ0) is 11.5. The molecule has 16 heavy (non-hydrogen) atoms. The predicted molar refractivity (Wildman–Crippen MR) is 64.2 cm³/mol. The van der Waals surface area contributed by atoms with Gasteiger partial charge in [-0.1, -0.05) is 11.6 Å². The van der Waals surface area contributed by atoms with Crippen molar-refractivity contribution >= 4 is 39.5 Å². The lowest BCUT2D eigenvalue weighted by atomic mass is 10.2. The van der Waals surface area contributed by atoms with Crippen molar-refractivity contribution in [1.82, 2.24) is 0 Å². The van der Waals surface area contributed by atoms with Crippen LogP contribution in [0.4, 0.5) is 0 Å². The summed E-state index contributed by atoms with van der Waals surface area (Å²) in [5.41, 5.74) is 0.960. The maximum atomic E-state index is 10.1. The van der Waals surface area contributed by atoms with Gasteiger partial charge < -0.3 is 9.47 Å². The van der Waals surface area contributed by atoms with Crippen molar-refractivity contribution in [3.05, 3.63) is 28.1 Å². The van der Waals surface area contributed by atoms with Gasteiger partial charge in [0.1, 0.15) is 12.4 Å². The molecule has 84 valence electrons. The summed E-state index contributed by atoms with van der Waals surface area (Å²) in [6, 6.07) is 3.71. The van der Waals surface area contributed by atoms with Crippen LogP contribution < -0.4 is 4.74 Å². The number of halogens is 1. The van der Waals surface area contributed by atoms with Crippen LogP contribution in [0.3, 0.4) is 0 Å². The van der Waals surface area contributed by atoms with Crippen molar-refractivity contribution in [2.75, 3.05) is 7.11 Å². The molecule has 2 aromatic rings. The smallest absolute Gasteiger partial charge is 0.293 e. The fraction of sp³-hybridized carbons (Fsp3) is 0.182. The molecule has 0 saturated carbocycles. The molecule has 1 aromatic carbocycles. The van der Waals surface area contributed by atoms with Crippen LogP contribution in [0, 0.1) is 0 Å². The number of thiophene rings is 1. The van der Waals surface area contributed by atoms with Gasteiger partial charge in [-0.3, -0.25) is 4.79 Å². The van der Waals surface area contributed by atoms with E-state index in [-0.39, 0.29) is 6.61 Å². The van der Waals surface area contributed by atoms with E-state index in [1.165, 1.54) is 0 Å². The third kappa shape index (κ3) is 1.99. The van der Waals surface area contributed by atoms with E-state index < -0.39 is 0 Å². The Hall–Kier alpha value is -1.26. The molecule has 1 heterocycles. The zero-order valence-corrected chi connectivity index (χ0v) is 10.1. The molecule has 0 amide bonds. The third-order valence-electron chi connectivity index (χ3n) is 2.23. The lowest BCUT2D eigenvalue weighted by molar-refractivity contribution is -0.129. The molecule has 5 heteroatoms. The highest BCUT2D eigenvalue weighted by molar-refractivity contribution is 7.17. The molecule has 0 unspecified atom stereocenters. The maximum absolute atomic E-state index is 10.1. The molecule has 0 atom stereocenters. The lowest BCUT2D eigenvalue weighted by Crippen LogP contribution is -1.89. The largest absolute Gasteiger partial charge is 0.495 e. The van der Waals surface area contributed by atoms with Crippen molar-refractivity contribution in [1.29, 1.82) is 0 Å². The third-order valence-corrected chi connectivity index (χ3v) is 3.52. The SMILES string of the molecule is COc1cc2c(COC=O)csc2cc1Cl. The van der Waals surface area contributed by atoms with E-state index in [0.717, 1.165) is 15.6 Å². The molecule has 0 aliphatic rings. The number of carbonyl (C=O) groups is 1. The van der Waals surface area contributed by atoms with Gasteiger partial charge in [0.25, 0.3) is 6.47 Å². The van der Waals surface area contributed by atoms with Gasteiger partial charge in [-0.25, -0.2) is 0 Å². The number of rotatable bonds is 4. The predicted octanol–water partition coefficient (Wildman–Crippen LogP) is 3.24. The van der Waals surface area contributed by atoms with E-state index in [2.05, 4.69) is 0 Å². The van der Waals surface area contributed by atoms with Crippen molar-refractivity contribution in [3.8, 4) is 5.75 Å². The Labute approximate surface area is 102 Å². The number of carbonyl (C=O) groups excluding carboxylic acids is 1. The van der Waals surface area contributed by atoms with Crippen LogP contribution in [-0.4, -0.2) is 13.6 Å². The minimum absolute atomic E-state index is 0.272. The van der Waals surface area contributed by atoms with Gasteiger partial charge in [-0.2, -0.15) is 0 Å². The maximum Gasteiger partial charge on any atom is 0.293 e. The Morgan fingerprint density at radius 1 is 1.50 bits per heavy atom. The fourth-order valence-electron chi connectivity index (χ4n) is 1.47. The average molecular weight is 257 g/mol. The van der Waals surface area contributed by atoms with Crippen molar-refractivity contribution < 1.29 is 14.3 Å². The Morgan fingerprint density at radius 2 is 2.31 bits per heavy atom. The summed E-state index contributed by atoms with van der Waals surface area (Å²) in [5, 5.41) is 3.54. The first kappa shape index (κ1) is 11.2. The number of ether oxygens (including phenoxy) is 2. The van der Waals surface area contributed by atoms with Crippen LogP contribution in [0.15, 0.2) is 17.5 Å². The van der Waals surface area contributed by atoms with Crippen LogP contribution in [-0.2, 0) is 16.1 Å². The minimum atomic E-state index is 0.272. The average Bonchev–Trinajstić information content (AvgIpc) is 2.67. The normalized spacial score (nSPS) is 10.4. The van der Waals surface area contributed by atoms with E-state index in [4.69, 9.17) is 21.1 Å². The highest BCUT2D eigenvalue weighted by atomic mass is 35.5. The highest BCUT2D eigenvalue weighted by Crippen LogP contribution is 2.35. The monoisotopic (exact) mass is 256 g/mol. The molecular formula is C11H9ClO3S. The summed E-state index contributed by atoms with van der Waals surface area (Å²) >= 11 is 7.57. The van der Waals surface area contributed by atoms with Crippen molar-refractivity contribution in [3.63, 3.8) is 0 Å². The molecule has 0 spiro atoms. The molecule has 0 saturated heterocycles. The highest BCUT2D eigenvalue weighted by Gasteiger charge is 2.09. The zero-order valence-electron chi connectivity index (χ0n) is 8.53. The topological polar surface area (TPSA) is 35.5 Å². The molecule has 0 bridgehead atoms. The molecule has 3 nitrogen and oxygen atoms in total. The van der Waals surface area contributed by atoms with E-state index in [9.17, 15) is 4.79 Å². The summed E-state index contributed by atoms with van der Waals surface area (Å²) < 4.78 is 10.9. The van der Waals surface area contributed by atoms with Gasteiger partial charge in [0.15, 0.2) is 0 Å². The van der Waals surface area contributed by atoms with Crippen molar-refractivity contribution in [2.24, 2.45) is 0 Å². The number of methoxy groups -OCH3 is 1. The second-order valence-corrected chi connectivity index (χ2v) is 4.47. The Kier molecular flexibility index (Phi) is 3.31. The molecular weight excluding hydrogens is 248 g/mol. The first-order valence-electron chi connectivity index (χ1n) is 4.55. The first-order valence-corrected chi connectivity index (χ1v) is 5.81. The second-order valence-electron chi connectivity index (χ2n) is 3.15. The van der Waals surface area contributed by atoms with E-state index in [1.54, 1.807) is 18.4 Å². The fourth-order valence-corrected chi connectivity index (χ4v) is 2.75. The van der Waals surface area contributed by atoms with Gasteiger partial charge in [0.05, 0.1) is 12.1 Å². The molecule has 0 aliphatic heterocycles. The lowest BCUT2D eigenvalue weighted by Gasteiger charge is -2.04. The Balaban J connectivity index is 2.48. The molecule has 1 aromatic heterocycles. The summed E-state index contributed by atoms with van der Waals surface area (Å²) in [6.07, 6.45) is 0. The number of hydrogen-bond acceptors (Lipinski definition) is 4. The molecule has 0 aliphatic carbocycles. The Bertz CT molecular complexity index is 521. The molecule has 0 radical (unpaired) electrons. The number of benzene rings is 1. The van der Waals surface area contributed by atoms with Gasteiger partial charge >= 0.3 is 0 Å². The number of hydrogen-bond donors (Lipinski definition) is 0. The van der Waals surface area contributed by atoms with Crippen LogP contribution in [0.1, 0.15) is 5.56 Å².